The minimum absolute atomic E-state index is 0. The molecule has 1 aromatic carbocycles. The molecule has 2 aromatic rings. The number of benzene rings is 1. The van der Waals surface area contributed by atoms with Crippen LogP contribution in [0.3, 0.4) is 0 Å². The predicted octanol–water partition coefficient (Wildman–Crippen LogP) is 3.94. The van der Waals surface area contributed by atoms with E-state index in [1.165, 1.54) is 24.5 Å². The fourth-order valence-electron chi connectivity index (χ4n) is 2.45. The number of ether oxygens (including phenoxy) is 2. The standard InChI is InChI=1S/C19H25F2N3O3S.HI/c1-4-22-18(24-12-19(2,25)16-6-5-9-28-16)23-11-13-7-8-14(26-3)15(10-13)27-17(20)21;/h5-10,17,25H,4,11-12H2,1-3H3,(H2,22,23,24);1H. The minimum Gasteiger partial charge on any atom is -0.493 e. The molecule has 0 aliphatic heterocycles. The maximum absolute atomic E-state index is 12.6. The number of alkyl halides is 2. The molecule has 0 aliphatic carbocycles. The third kappa shape index (κ3) is 7.94. The lowest BCUT2D eigenvalue weighted by Crippen LogP contribution is -2.44. The molecule has 1 heterocycles. The highest BCUT2D eigenvalue weighted by atomic mass is 127. The molecule has 0 saturated carbocycles. The third-order valence-electron chi connectivity index (χ3n) is 3.86. The predicted molar refractivity (Wildman–Crippen MR) is 122 cm³/mol. The Hall–Kier alpha value is -1.66. The van der Waals surface area contributed by atoms with E-state index in [9.17, 15) is 13.9 Å². The van der Waals surface area contributed by atoms with Crippen LogP contribution >= 0.6 is 35.3 Å². The van der Waals surface area contributed by atoms with E-state index in [-0.39, 0.29) is 48.6 Å². The van der Waals surface area contributed by atoms with Crippen molar-refractivity contribution in [1.82, 2.24) is 10.6 Å². The van der Waals surface area contributed by atoms with Gasteiger partial charge in [-0.3, -0.25) is 0 Å². The molecule has 3 N–H and O–H groups in total. The fourth-order valence-corrected chi connectivity index (χ4v) is 3.23. The van der Waals surface area contributed by atoms with E-state index >= 15 is 0 Å². The van der Waals surface area contributed by atoms with Crippen LogP contribution in [-0.4, -0.2) is 37.9 Å². The number of rotatable bonds is 9. The molecule has 0 aliphatic rings. The van der Waals surface area contributed by atoms with Crippen LogP contribution in [0, 0.1) is 0 Å². The first-order valence-corrected chi connectivity index (χ1v) is 9.64. The molecule has 6 nitrogen and oxygen atoms in total. The van der Waals surface area contributed by atoms with Gasteiger partial charge in [0.15, 0.2) is 17.5 Å². The van der Waals surface area contributed by atoms with Crippen LogP contribution in [0.15, 0.2) is 40.7 Å². The smallest absolute Gasteiger partial charge is 0.387 e. The molecule has 2 rings (SSSR count). The summed E-state index contributed by atoms with van der Waals surface area (Å²) in [4.78, 5) is 5.29. The number of hydrogen-bond acceptors (Lipinski definition) is 5. The van der Waals surface area contributed by atoms with Crippen molar-refractivity contribution in [3.05, 3.63) is 46.2 Å². The normalized spacial score (nSPS) is 13.4. The summed E-state index contributed by atoms with van der Waals surface area (Å²) in [6.45, 7) is 1.85. The Morgan fingerprint density at radius 1 is 1.28 bits per heavy atom. The molecule has 0 saturated heterocycles. The molecule has 29 heavy (non-hydrogen) atoms. The van der Waals surface area contributed by atoms with E-state index in [0.717, 1.165) is 4.88 Å². The SMILES string of the molecule is CCNC(=NCc1ccc(OC)c(OC(F)F)c1)NCC(C)(O)c1cccs1.I. The molecule has 0 bridgehead atoms. The molecular formula is C19H26F2IN3O3S. The Morgan fingerprint density at radius 2 is 2.03 bits per heavy atom. The Kier molecular flexibility index (Phi) is 10.6. The van der Waals surface area contributed by atoms with Gasteiger partial charge in [-0.2, -0.15) is 8.78 Å². The van der Waals surface area contributed by atoms with Gasteiger partial charge < -0.3 is 25.2 Å². The van der Waals surface area contributed by atoms with Crippen molar-refractivity contribution in [1.29, 1.82) is 0 Å². The first-order chi connectivity index (χ1) is 13.4. The summed E-state index contributed by atoms with van der Waals surface area (Å²) >= 11 is 1.48. The second kappa shape index (κ2) is 12.1. The Balaban J connectivity index is 0.00000420. The van der Waals surface area contributed by atoms with Crippen LogP contribution in [0.25, 0.3) is 0 Å². The first-order valence-electron chi connectivity index (χ1n) is 8.76. The van der Waals surface area contributed by atoms with Crippen molar-refractivity contribution in [3.8, 4) is 11.5 Å². The van der Waals surface area contributed by atoms with Gasteiger partial charge in [-0.05, 0) is 43.0 Å². The summed E-state index contributed by atoms with van der Waals surface area (Å²) in [7, 11) is 1.39. The molecule has 0 fully saturated rings. The van der Waals surface area contributed by atoms with Gasteiger partial charge in [0.05, 0.1) is 20.2 Å². The number of thiophene rings is 1. The summed E-state index contributed by atoms with van der Waals surface area (Å²) in [5.41, 5.74) is -0.360. The molecule has 0 amide bonds. The van der Waals surface area contributed by atoms with Crippen molar-refractivity contribution in [2.75, 3.05) is 20.2 Å². The summed E-state index contributed by atoms with van der Waals surface area (Å²) in [5.74, 6) is 0.695. The van der Waals surface area contributed by atoms with E-state index < -0.39 is 12.2 Å². The second-order valence-corrected chi connectivity index (χ2v) is 7.11. The first kappa shape index (κ1) is 25.4. The minimum atomic E-state index is -2.94. The van der Waals surface area contributed by atoms with Crippen molar-refractivity contribution >= 4 is 41.3 Å². The van der Waals surface area contributed by atoms with Crippen molar-refractivity contribution in [2.24, 2.45) is 4.99 Å². The maximum atomic E-state index is 12.6. The van der Waals surface area contributed by atoms with Gasteiger partial charge in [0.2, 0.25) is 0 Å². The average Bonchev–Trinajstić information content (AvgIpc) is 3.19. The molecule has 0 radical (unpaired) electrons. The zero-order valence-corrected chi connectivity index (χ0v) is 19.6. The number of nitrogens with zero attached hydrogens (tertiary/aromatic N) is 1. The number of aliphatic hydroxyl groups is 1. The Labute approximate surface area is 190 Å². The molecule has 1 atom stereocenters. The van der Waals surface area contributed by atoms with Crippen LogP contribution < -0.4 is 20.1 Å². The summed E-state index contributed by atoms with van der Waals surface area (Å²) in [6.07, 6.45) is 0. The van der Waals surface area contributed by atoms with Gasteiger partial charge in [0, 0.05) is 11.4 Å². The zero-order valence-electron chi connectivity index (χ0n) is 16.4. The molecular weight excluding hydrogens is 515 g/mol. The largest absolute Gasteiger partial charge is 0.493 e. The highest BCUT2D eigenvalue weighted by Crippen LogP contribution is 2.29. The van der Waals surface area contributed by atoms with Crippen molar-refractivity contribution in [3.63, 3.8) is 0 Å². The Bertz CT molecular complexity index is 774. The number of nitrogens with one attached hydrogen (secondary N) is 2. The topological polar surface area (TPSA) is 75.1 Å². The maximum Gasteiger partial charge on any atom is 0.387 e. The van der Waals surface area contributed by atoms with E-state index in [4.69, 9.17) is 4.74 Å². The van der Waals surface area contributed by atoms with Gasteiger partial charge >= 0.3 is 6.61 Å². The van der Waals surface area contributed by atoms with E-state index in [1.807, 2.05) is 24.4 Å². The number of methoxy groups -OCH3 is 1. The van der Waals surface area contributed by atoms with Crippen LogP contribution in [0.5, 0.6) is 11.5 Å². The number of aliphatic imine (C=N–C) groups is 1. The summed E-state index contributed by atoms with van der Waals surface area (Å²) in [5, 5.41) is 18.7. The van der Waals surface area contributed by atoms with E-state index in [0.29, 0.717) is 18.1 Å². The molecule has 1 unspecified atom stereocenters. The zero-order chi connectivity index (χ0) is 20.6. The average molecular weight is 541 g/mol. The Morgan fingerprint density at radius 3 is 2.62 bits per heavy atom. The fraction of sp³-hybridized carbons (Fsp3) is 0.421. The lowest BCUT2D eigenvalue weighted by atomic mass is 10.1. The molecule has 10 heteroatoms. The van der Waals surface area contributed by atoms with Crippen LogP contribution in [0.1, 0.15) is 24.3 Å². The van der Waals surface area contributed by atoms with E-state index in [1.54, 1.807) is 19.1 Å². The van der Waals surface area contributed by atoms with Gasteiger partial charge in [0.1, 0.15) is 5.60 Å². The van der Waals surface area contributed by atoms with Crippen molar-refractivity contribution in [2.45, 2.75) is 32.6 Å². The van der Waals surface area contributed by atoms with Gasteiger partial charge in [-0.15, -0.1) is 35.3 Å². The van der Waals surface area contributed by atoms with Crippen LogP contribution in [0.2, 0.25) is 0 Å². The van der Waals surface area contributed by atoms with E-state index in [2.05, 4.69) is 20.4 Å². The van der Waals surface area contributed by atoms with Crippen molar-refractivity contribution < 1.29 is 23.4 Å². The molecule has 0 spiro atoms. The highest BCUT2D eigenvalue weighted by Gasteiger charge is 2.24. The van der Waals surface area contributed by atoms with Gasteiger partial charge in [0.25, 0.3) is 0 Å². The number of hydrogen-bond donors (Lipinski definition) is 3. The van der Waals surface area contributed by atoms with Gasteiger partial charge in [-0.25, -0.2) is 4.99 Å². The monoisotopic (exact) mass is 541 g/mol. The number of guanidine groups is 1. The lowest BCUT2D eigenvalue weighted by molar-refractivity contribution is -0.0512. The molecule has 162 valence electrons. The third-order valence-corrected chi connectivity index (χ3v) is 4.98. The van der Waals surface area contributed by atoms with Crippen LogP contribution in [-0.2, 0) is 12.1 Å². The quantitative estimate of drug-likeness (QED) is 0.255. The lowest BCUT2D eigenvalue weighted by Gasteiger charge is -2.23. The van der Waals surface area contributed by atoms with Crippen LogP contribution in [0.4, 0.5) is 8.78 Å². The number of halogens is 3. The van der Waals surface area contributed by atoms with Gasteiger partial charge in [-0.1, -0.05) is 12.1 Å². The highest BCUT2D eigenvalue weighted by molar-refractivity contribution is 14.0. The summed E-state index contributed by atoms with van der Waals surface area (Å²) < 4.78 is 34.7. The summed E-state index contributed by atoms with van der Waals surface area (Å²) in [6, 6.07) is 8.52. The second-order valence-electron chi connectivity index (χ2n) is 6.16. The molecule has 1 aromatic heterocycles.